The number of rotatable bonds is 6. The second kappa shape index (κ2) is 8.56. The molecule has 0 heterocycles. The minimum Gasteiger partial charge on any atom is -0.460 e. The molecule has 0 unspecified atom stereocenters. The van der Waals surface area contributed by atoms with Crippen molar-refractivity contribution >= 4 is 12.1 Å². The van der Waals surface area contributed by atoms with Gasteiger partial charge in [0, 0.05) is 6.92 Å². The summed E-state index contributed by atoms with van der Waals surface area (Å²) < 4.78 is 10.7. The van der Waals surface area contributed by atoms with Crippen LogP contribution in [0, 0.1) is 0 Å². The van der Waals surface area contributed by atoms with Crippen molar-refractivity contribution in [1.82, 2.24) is 5.32 Å². The van der Waals surface area contributed by atoms with Gasteiger partial charge in [-0.3, -0.25) is 4.79 Å². The second-order valence-corrected chi connectivity index (χ2v) is 6.50. The zero-order valence-electron chi connectivity index (χ0n) is 14.6. The molecule has 0 aliphatic carbocycles. The molecule has 0 radical (unpaired) electrons. The molecule has 1 aromatic rings. The first kappa shape index (κ1) is 19.0. The molecule has 0 fully saturated rings. The van der Waals surface area contributed by atoms with Crippen LogP contribution in [0.25, 0.3) is 0 Å². The van der Waals surface area contributed by atoms with E-state index in [0.29, 0.717) is 12.8 Å². The predicted molar refractivity (Wildman–Crippen MR) is 89.1 cm³/mol. The lowest BCUT2D eigenvalue weighted by atomic mass is 9.99. The van der Waals surface area contributed by atoms with Crippen LogP contribution >= 0.6 is 0 Å². The molecule has 0 spiro atoms. The van der Waals surface area contributed by atoms with Crippen molar-refractivity contribution in [1.29, 1.82) is 0 Å². The molecule has 0 saturated heterocycles. The molecule has 1 rings (SSSR count). The average Bonchev–Trinajstić information content (AvgIpc) is 2.43. The van der Waals surface area contributed by atoms with Crippen LogP contribution in [-0.4, -0.2) is 29.8 Å². The summed E-state index contributed by atoms with van der Waals surface area (Å²) in [4.78, 5) is 23.4. The Morgan fingerprint density at radius 1 is 1.17 bits per heavy atom. The second-order valence-electron chi connectivity index (χ2n) is 6.50. The maximum Gasteiger partial charge on any atom is 0.408 e. The standard InChI is InChI=1S/C18H27NO4/c1-6-16(22-13(2)20)15(12-14-10-8-7-9-11-14)19-17(21)23-18(3,4)5/h7-11,15-16H,6,12H2,1-5H3,(H,19,21)/t15-,16-/m0/s1. The number of alkyl carbamates (subject to hydrolysis) is 1. The Balaban J connectivity index is 2.86. The van der Waals surface area contributed by atoms with E-state index in [1.807, 2.05) is 58.0 Å². The number of hydrogen-bond donors (Lipinski definition) is 1. The fraction of sp³-hybridized carbons (Fsp3) is 0.556. The first-order chi connectivity index (χ1) is 10.7. The zero-order valence-corrected chi connectivity index (χ0v) is 14.6. The number of benzene rings is 1. The van der Waals surface area contributed by atoms with Gasteiger partial charge in [-0.15, -0.1) is 0 Å². The summed E-state index contributed by atoms with van der Waals surface area (Å²) in [6.45, 7) is 8.71. The van der Waals surface area contributed by atoms with E-state index in [-0.39, 0.29) is 12.0 Å². The molecule has 5 nitrogen and oxygen atoms in total. The zero-order chi connectivity index (χ0) is 17.5. The van der Waals surface area contributed by atoms with E-state index in [4.69, 9.17) is 9.47 Å². The molecule has 0 aromatic heterocycles. The van der Waals surface area contributed by atoms with Crippen molar-refractivity contribution in [2.45, 2.75) is 65.2 Å². The molecule has 0 bridgehead atoms. The monoisotopic (exact) mass is 321 g/mol. The highest BCUT2D eigenvalue weighted by Crippen LogP contribution is 2.14. The molecule has 1 N–H and O–H groups in total. The van der Waals surface area contributed by atoms with Crippen molar-refractivity contribution in [2.75, 3.05) is 0 Å². The first-order valence-electron chi connectivity index (χ1n) is 7.92. The highest BCUT2D eigenvalue weighted by molar-refractivity contribution is 5.69. The number of ether oxygens (including phenoxy) is 2. The van der Waals surface area contributed by atoms with Gasteiger partial charge in [0.05, 0.1) is 6.04 Å². The number of hydrogen-bond acceptors (Lipinski definition) is 4. The van der Waals surface area contributed by atoms with Gasteiger partial charge in [-0.05, 0) is 39.2 Å². The van der Waals surface area contributed by atoms with Crippen LogP contribution in [0.4, 0.5) is 4.79 Å². The molecule has 128 valence electrons. The van der Waals surface area contributed by atoms with Crippen LogP contribution < -0.4 is 5.32 Å². The summed E-state index contributed by atoms with van der Waals surface area (Å²) in [6, 6.07) is 9.41. The van der Waals surface area contributed by atoms with Gasteiger partial charge >= 0.3 is 12.1 Å². The minimum absolute atomic E-state index is 0.346. The van der Waals surface area contributed by atoms with Gasteiger partial charge in [-0.25, -0.2) is 4.79 Å². The van der Waals surface area contributed by atoms with Crippen molar-refractivity contribution in [3.8, 4) is 0 Å². The number of carbonyl (C=O) groups excluding carboxylic acids is 2. The van der Waals surface area contributed by atoms with Gasteiger partial charge in [0.1, 0.15) is 11.7 Å². The Kier molecular flexibility index (Phi) is 7.07. The Hall–Kier alpha value is -2.04. The van der Waals surface area contributed by atoms with Crippen LogP contribution in [0.1, 0.15) is 46.6 Å². The van der Waals surface area contributed by atoms with E-state index in [2.05, 4.69) is 5.32 Å². The van der Waals surface area contributed by atoms with Crippen LogP contribution in [-0.2, 0) is 20.7 Å². The quantitative estimate of drug-likeness (QED) is 0.815. The third-order valence-electron chi connectivity index (χ3n) is 3.17. The van der Waals surface area contributed by atoms with E-state index in [1.54, 1.807) is 0 Å². The molecule has 23 heavy (non-hydrogen) atoms. The number of carbonyl (C=O) groups is 2. The average molecular weight is 321 g/mol. The van der Waals surface area contributed by atoms with E-state index in [9.17, 15) is 9.59 Å². The van der Waals surface area contributed by atoms with Crippen molar-refractivity contribution < 1.29 is 19.1 Å². The highest BCUT2D eigenvalue weighted by Gasteiger charge is 2.27. The predicted octanol–water partition coefficient (Wildman–Crippen LogP) is 3.46. The molecule has 1 amide bonds. The van der Waals surface area contributed by atoms with E-state index < -0.39 is 17.8 Å². The molecular weight excluding hydrogens is 294 g/mol. The fourth-order valence-corrected chi connectivity index (χ4v) is 2.27. The highest BCUT2D eigenvalue weighted by atomic mass is 16.6. The van der Waals surface area contributed by atoms with Gasteiger partial charge in [0.25, 0.3) is 0 Å². The minimum atomic E-state index is -0.579. The largest absolute Gasteiger partial charge is 0.460 e. The maximum atomic E-state index is 12.1. The maximum absolute atomic E-state index is 12.1. The SMILES string of the molecule is CC[C@H](OC(C)=O)[C@H](Cc1ccccc1)NC(=O)OC(C)(C)C. The van der Waals surface area contributed by atoms with Crippen LogP contribution in [0.15, 0.2) is 30.3 Å². The van der Waals surface area contributed by atoms with E-state index in [1.165, 1.54) is 6.92 Å². The summed E-state index contributed by atoms with van der Waals surface area (Å²) in [7, 11) is 0. The molecule has 0 aliphatic heterocycles. The molecule has 0 aliphatic rings. The fourth-order valence-electron chi connectivity index (χ4n) is 2.27. The molecule has 0 saturated carbocycles. The smallest absolute Gasteiger partial charge is 0.408 e. The lowest BCUT2D eigenvalue weighted by Crippen LogP contribution is -2.48. The van der Waals surface area contributed by atoms with Gasteiger partial charge in [0.2, 0.25) is 0 Å². The summed E-state index contributed by atoms with van der Waals surface area (Å²) in [5, 5.41) is 2.84. The van der Waals surface area contributed by atoms with Gasteiger partial charge in [0.15, 0.2) is 0 Å². The molecule has 1 aromatic carbocycles. The van der Waals surface area contributed by atoms with Gasteiger partial charge < -0.3 is 14.8 Å². The molecule has 5 heteroatoms. The number of nitrogens with one attached hydrogen (secondary N) is 1. The Morgan fingerprint density at radius 3 is 2.26 bits per heavy atom. The van der Waals surface area contributed by atoms with Crippen LogP contribution in [0.3, 0.4) is 0 Å². The summed E-state index contributed by atoms with van der Waals surface area (Å²) in [6.07, 6.45) is 0.253. The summed E-state index contributed by atoms with van der Waals surface area (Å²) in [5.74, 6) is -0.360. The number of amides is 1. The third-order valence-corrected chi connectivity index (χ3v) is 3.17. The third kappa shape index (κ3) is 7.68. The van der Waals surface area contributed by atoms with Gasteiger partial charge in [-0.1, -0.05) is 37.3 Å². The first-order valence-corrected chi connectivity index (χ1v) is 7.92. The van der Waals surface area contributed by atoms with Crippen LogP contribution in [0.5, 0.6) is 0 Å². The molecule has 2 atom stereocenters. The molecular formula is C18H27NO4. The van der Waals surface area contributed by atoms with Crippen molar-refractivity contribution in [2.24, 2.45) is 0 Å². The lowest BCUT2D eigenvalue weighted by molar-refractivity contribution is -0.148. The summed E-state index contributed by atoms with van der Waals surface area (Å²) in [5.41, 5.74) is 0.476. The Bertz CT molecular complexity index is 508. The van der Waals surface area contributed by atoms with E-state index >= 15 is 0 Å². The number of esters is 1. The normalized spacial score (nSPS) is 13.8. The van der Waals surface area contributed by atoms with Crippen molar-refractivity contribution in [3.63, 3.8) is 0 Å². The Labute approximate surface area is 138 Å². The Morgan fingerprint density at radius 2 is 1.78 bits per heavy atom. The topological polar surface area (TPSA) is 64.6 Å². The van der Waals surface area contributed by atoms with Gasteiger partial charge in [-0.2, -0.15) is 0 Å². The lowest BCUT2D eigenvalue weighted by Gasteiger charge is -2.28. The van der Waals surface area contributed by atoms with Crippen molar-refractivity contribution in [3.05, 3.63) is 35.9 Å². The van der Waals surface area contributed by atoms with E-state index in [0.717, 1.165) is 5.56 Å². The summed E-state index contributed by atoms with van der Waals surface area (Å²) >= 11 is 0. The van der Waals surface area contributed by atoms with Crippen LogP contribution in [0.2, 0.25) is 0 Å².